The van der Waals surface area contributed by atoms with Gasteiger partial charge in [0.25, 0.3) is 0 Å². The van der Waals surface area contributed by atoms with Gasteiger partial charge in [0, 0.05) is 37.6 Å². The number of aromatic nitrogens is 4. The zero-order valence-corrected chi connectivity index (χ0v) is 18.0. The molecular weight excluding hydrogens is 447 g/mol. The molecule has 0 saturated heterocycles. The molecule has 1 N–H and O–H groups in total. The highest BCUT2D eigenvalue weighted by Crippen LogP contribution is 2.28. The maximum Gasteiger partial charge on any atom is 0.490 e. The summed E-state index contributed by atoms with van der Waals surface area (Å²) in [5.41, 5.74) is 3.45. The van der Waals surface area contributed by atoms with Gasteiger partial charge in [-0.15, -0.1) is 16.4 Å². The van der Waals surface area contributed by atoms with Gasteiger partial charge in [-0.1, -0.05) is 35.5 Å². The monoisotopic (exact) mass is 469 g/mol. The van der Waals surface area contributed by atoms with Crippen LogP contribution >= 0.6 is 11.3 Å². The molecule has 2 aromatic heterocycles. The van der Waals surface area contributed by atoms with Gasteiger partial charge in [0.1, 0.15) is 10.7 Å². The number of carboxylic acid groups (broad SMARTS) is 1. The summed E-state index contributed by atoms with van der Waals surface area (Å²) in [7, 11) is 1.96. The summed E-state index contributed by atoms with van der Waals surface area (Å²) in [5, 5.41) is 18.9. The summed E-state index contributed by atoms with van der Waals surface area (Å²) in [4.78, 5) is 15.7. The number of fused-ring (bicyclic) bond motifs is 1. The Bertz CT molecular complexity index is 996. The average molecular weight is 469 g/mol. The Labute approximate surface area is 186 Å². The molecule has 3 heterocycles. The molecule has 32 heavy (non-hydrogen) atoms. The summed E-state index contributed by atoms with van der Waals surface area (Å²) in [5.74, 6) is -2.49. The third-order valence-corrected chi connectivity index (χ3v) is 5.46. The van der Waals surface area contributed by atoms with E-state index in [0.29, 0.717) is 13.2 Å². The fourth-order valence-electron chi connectivity index (χ4n) is 3.36. The van der Waals surface area contributed by atoms with Crippen molar-refractivity contribution in [3.8, 4) is 0 Å². The van der Waals surface area contributed by atoms with Crippen molar-refractivity contribution in [1.29, 1.82) is 0 Å². The lowest BCUT2D eigenvalue weighted by atomic mass is 9.99. The van der Waals surface area contributed by atoms with Gasteiger partial charge in [0.2, 0.25) is 0 Å². The number of hydrogen-bond donors (Lipinski definition) is 1. The van der Waals surface area contributed by atoms with E-state index < -0.39 is 12.1 Å². The van der Waals surface area contributed by atoms with Crippen molar-refractivity contribution in [3.05, 3.63) is 63.9 Å². The Morgan fingerprint density at radius 3 is 2.66 bits per heavy atom. The molecular formula is C20H22F3N5O3S. The van der Waals surface area contributed by atoms with Gasteiger partial charge in [0.15, 0.2) is 0 Å². The first-order chi connectivity index (χ1) is 15.2. The van der Waals surface area contributed by atoms with E-state index in [2.05, 4.69) is 32.3 Å². The van der Waals surface area contributed by atoms with Crippen molar-refractivity contribution >= 4 is 17.3 Å². The molecule has 3 aromatic rings. The number of ether oxygens (including phenoxy) is 1. The number of aliphatic carboxylic acids is 1. The Morgan fingerprint density at radius 2 is 2.03 bits per heavy atom. The molecule has 172 valence electrons. The predicted octanol–water partition coefficient (Wildman–Crippen LogP) is 3.22. The molecule has 1 aliphatic heterocycles. The number of aryl methyl sites for hydroxylation is 1. The molecule has 1 aromatic carbocycles. The molecule has 0 amide bonds. The minimum Gasteiger partial charge on any atom is -0.475 e. The second kappa shape index (κ2) is 10.7. The minimum absolute atomic E-state index is 0.271. The Balaban J connectivity index is 0.000000360. The van der Waals surface area contributed by atoms with Crippen molar-refractivity contribution < 1.29 is 27.8 Å². The summed E-state index contributed by atoms with van der Waals surface area (Å²) in [6.45, 7) is 3.89. The topological polar surface area (TPSA) is 93.4 Å². The van der Waals surface area contributed by atoms with Crippen LogP contribution in [0.3, 0.4) is 0 Å². The normalized spacial score (nSPS) is 16.2. The standard InChI is InChI=1S/C18H21N5OS.C2HF3O2/c1-22-18-15(13-24-12-14-5-3-2-4-6-14)9-23(10-16(18)20-21-22)11-17-19-7-8-25-17;3-2(4,5)1(6)7/h2-8,15H,9-13H2,1H3;(H,6,7). The SMILES string of the molecule is Cn1nnc2c1C(COCc1ccccc1)CN(Cc1nccs1)C2.O=C(O)C(F)(F)F. The molecule has 4 rings (SSSR count). The molecule has 0 spiro atoms. The van der Waals surface area contributed by atoms with Crippen LogP contribution < -0.4 is 0 Å². The van der Waals surface area contributed by atoms with Gasteiger partial charge in [0.05, 0.1) is 25.5 Å². The quantitative estimate of drug-likeness (QED) is 0.593. The van der Waals surface area contributed by atoms with Crippen LogP contribution in [0.25, 0.3) is 0 Å². The summed E-state index contributed by atoms with van der Waals surface area (Å²) < 4.78 is 39.6. The number of alkyl halides is 3. The second-order valence-electron chi connectivity index (χ2n) is 7.14. The van der Waals surface area contributed by atoms with Crippen molar-refractivity contribution in [2.24, 2.45) is 7.05 Å². The number of carbonyl (C=O) groups is 1. The lowest BCUT2D eigenvalue weighted by Gasteiger charge is -2.31. The largest absolute Gasteiger partial charge is 0.490 e. The van der Waals surface area contributed by atoms with E-state index in [1.807, 2.05) is 41.5 Å². The predicted molar refractivity (Wildman–Crippen MR) is 110 cm³/mol. The summed E-state index contributed by atoms with van der Waals surface area (Å²) in [6, 6.07) is 10.3. The van der Waals surface area contributed by atoms with Gasteiger partial charge in [-0.25, -0.2) is 9.78 Å². The van der Waals surface area contributed by atoms with Crippen LogP contribution in [0.5, 0.6) is 0 Å². The van der Waals surface area contributed by atoms with E-state index in [4.69, 9.17) is 14.6 Å². The molecule has 8 nitrogen and oxygen atoms in total. The molecule has 0 bridgehead atoms. The van der Waals surface area contributed by atoms with Crippen LogP contribution in [-0.4, -0.2) is 55.3 Å². The number of benzene rings is 1. The molecule has 1 aliphatic rings. The van der Waals surface area contributed by atoms with Crippen LogP contribution in [0.15, 0.2) is 41.9 Å². The smallest absolute Gasteiger partial charge is 0.475 e. The van der Waals surface area contributed by atoms with Crippen molar-refractivity contribution in [2.45, 2.75) is 31.8 Å². The number of nitrogens with zero attached hydrogens (tertiary/aromatic N) is 5. The zero-order valence-electron chi connectivity index (χ0n) is 17.2. The Morgan fingerprint density at radius 1 is 1.31 bits per heavy atom. The van der Waals surface area contributed by atoms with Gasteiger partial charge < -0.3 is 9.84 Å². The van der Waals surface area contributed by atoms with Crippen molar-refractivity contribution in [3.63, 3.8) is 0 Å². The Kier molecular flexibility index (Phi) is 7.94. The maximum absolute atomic E-state index is 10.6. The van der Waals surface area contributed by atoms with Crippen LogP contribution in [0.2, 0.25) is 0 Å². The lowest BCUT2D eigenvalue weighted by Crippen LogP contribution is -2.36. The molecule has 0 saturated carbocycles. The third-order valence-electron chi connectivity index (χ3n) is 4.70. The number of carboxylic acids is 1. The number of rotatable bonds is 6. The van der Waals surface area contributed by atoms with E-state index in [-0.39, 0.29) is 5.92 Å². The molecule has 0 radical (unpaired) electrons. The molecule has 1 unspecified atom stereocenters. The first-order valence-electron chi connectivity index (χ1n) is 9.65. The van der Waals surface area contributed by atoms with Crippen LogP contribution in [0.1, 0.15) is 27.9 Å². The van der Waals surface area contributed by atoms with Crippen molar-refractivity contribution in [1.82, 2.24) is 24.9 Å². The van der Waals surface area contributed by atoms with Gasteiger partial charge in [-0.3, -0.25) is 9.58 Å². The van der Waals surface area contributed by atoms with Crippen molar-refractivity contribution in [2.75, 3.05) is 13.2 Å². The highest BCUT2D eigenvalue weighted by atomic mass is 32.1. The summed E-state index contributed by atoms with van der Waals surface area (Å²) >= 11 is 1.69. The van der Waals surface area contributed by atoms with E-state index in [0.717, 1.165) is 30.3 Å². The van der Waals surface area contributed by atoms with E-state index in [9.17, 15) is 13.2 Å². The molecule has 12 heteroatoms. The van der Waals surface area contributed by atoms with Gasteiger partial charge in [-0.2, -0.15) is 13.2 Å². The lowest BCUT2D eigenvalue weighted by molar-refractivity contribution is -0.192. The summed E-state index contributed by atoms with van der Waals surface area (Å²) in [6.07, 6.45) is -3.22. The van der Waals surface area contributed by atoms with Gasteiger partial charge in [-0.05, 0) is 5.56 Å². The Hall–Kier alpha value is -2.83. The fourth-order valence-corrected chi connectivity index (χ4v) is 4.02. The minimum atomic E-state index is -5.08. The van der Waals surface area contributed by atoms with Gasteiger partial charge >= 0.3 is 12.1 Å². The van der Waals surface area contributed by atoms with E-state index >= 15 is 0 Å². The average Bonchev–Trinajstić information content (AvgIpc) is 3.38. The van der Waals surface area contributed by atoms with Crippen LogP contribution in [0.4, 0.5) is 13.2 Å². The molecule has 0 fully saturated rings. The molecule has 1 atom stereocenters. The highest BCUT2D eigenvalue weighted by Gasteiger charge is 2.38. The molecule has 0 aliphatic carbocycles. The first-order valence-corrected chi connectivity index (χ1v) is 10.5. The van der Waals surface area contributed by atoms with Crippen LogP contribution in [-0.2, 0) is 36.3 Å². The second-order valence-corrected chi connectivity index (χ2v) is 8.12. The highest BCUT2D eigenvalue weighted by molar-refractivity contribution is 7.09. The first kappa shape index (κ1) is 23.8. The van der Waals surface area contributed by atoms with Crippen LogP contribution in [0, 0.1) is 0 Å². The maximum atomic E-state index is 10.6. The van der Waals surface area contributed by atoms with E-state index in [1.54, 1.807) is 11.3 Å². The number of thiazole rings is 1. The zero-order chi connectivity index (χ0) is 23.1. The number of hydrogen-bond acceptors (Lipinski definition) is 7. The van der Waals surface area contributed by atoms with E-state index in [1.165, 1.54) is 11.3 Å². The third kappa shape index (κ3) is 6.58. The fraction of sp³-hybridized carbons (Fsp3) is 0.400. The number of halogens is 3.